The summed E-state index contributed by atoms with van der Waals surface area (Å²) in [5, 5.41) is 1.13. The van der Waals surface area contributed by atoms with Gasteiger partial charge in [0.2, 0.25) is 0 Å². The normalized spacial score (nSPS) is 27.5. The second kappa shape index (κ2) is 6.08. The zero-order valence-corrected chi connectivity index (χ0v) is 14.9. The Labute approximate surface area is 136 Å². The largest absolute Gasteiger partial charge is 0.345 e. The molecular formula is C13H17BrN2S3. The van der Waals surface area contributed by atoms with Gasteiger partial charge in [0.1, 0.15) is 10.5 Å². The van der Waals surface area contributed by atoms with E-state index in [0.29, 0.717) is 16.4 Å². The van der Waals surface area contributed by atoms with Crippen LogP contribution in [0.1, 0.15) is 48.9 Å². The standard InChI is InChI=1S/C13H17BrN2S3/c1-2-8-11(19-6-5-18-8)12-15-10(7-3-4-7)9(14)13(17)16-12/h7-8,11H,2-6H2,1H3,(H,15,16,17). The fourth-order valence-corrected chi connectivity index (χ4v) is 6.17. The highest BCUT2D eigenvalue weighted by atomic mass is 79.9. The van der Waals surface area contributed by atoms with Crippen LogP contribution in [0.3, 0.4) is 0 Å². The molecule has 6 heteroatoms. The first-order valence-electron chi connectivity index (χ1n) is 6.73. The number of hydrogen-bond donors (Lipinski definition) is 1. The predicted molar refractivity (Wildman–Crippen MR) is 90.8 cm³/mol. The zero-order chi connectivity index (χ0) is 13.4. The summed E-state index contributed by atoms with van der Waals surface area (Å²) in [5.74, 6) is 4.23. The van der Waals surface area contributed by atoms with E-state index in [1.54, 1.807) is 0 Å². The molecular weight excluding hydrogens is 360 g/mol. The van der Waals surface area contributed by atoms with Gasteiger partial charge in [0, 0.05) is 28.4 Å². The van der Waals surface area contributed by atoms with E-state index in [2.05, 4.69) is 44.6 Å². The van der Waals surface area contributed by atoms with E-state index in [9.17, 15) is 0 Å². The van der Waals surface area contributed by atoms with Crippen molar-refractivity contribution in [3.63, 3.8) is 0 Å². The number of nitrogens with one attached hydrogen (secondary N) is 1. The van der Waals surface area contributed by atoms with Gasteiger partial charge in [-0.3, -0.25) is 0 Å². The number of rotatable bonds is 3. The van der Waals surface area contributed by atoms with Crippen LogP contribution >= 0.6 is 51.7 Å². The van der Waals surface area contributed by atoms with Crippen LogP contribution in [0.25, 0.3) is 0 Å². The molecule has 0 bridgehead atoms. The van der Waals surface area contributed by atoms with Crippen LogP contribution in [0.5, 0.6) is 0 Å². The van der Waals surface area contributed by atoms with Gasteiger partial charge >= 0.3 is 0 Å². The third-order valence-electron chi connectivity index (χ3n) is 3.62. The van der Waals surface area contributed by atoms with Gasteiger partial charge < -0.3 is 4.98 Å². The molecule has 2 atom stereocenters. The predicted octanol–water partition coefficient (Wildman–Crippen LogP) is 5.08. The molecule has 1 N–H and O–H groups in total. The monoisotopic (exact) mass is 376 g/mol. The van der Waals surface area contributed by atoms with Crippen molar-refractivity contribution >= 4 is 51.7 Å². The molecule has 2 nitrogen and oxygen atoms in total. The van der Waals surface area contributed by atoms with Gasteiger partial charge in [-0.1, -0.05) is 19.1 Å². The van der Waals surface area contributed by atoms with Crippen molar-refractivity contribution in [3.8, 4) is 0 Å². The van der Waals surface area contributed by atoms with E-state index >= 15 is 0 Å². The fourth-order valence-electron chi connectivity index (χ4n) is 2.44. The van der Waals surface area contributed by atoms with Crippen LogP contribution in [0.4, 0.5) is 0 Å². The second-order valence-electron chi connectivity index (χ2n) is 5.04. The average molecular weight is 377 g/mol. The minimum atomic E-state index is 0.469. The number of H-pyrrole nitrogens is 1. The molecule has 2 aliphatic rings. The molecule has 0 spiro atoms. The highest BCUT2D eigenvalue weighted by Crippen LogP contribution is 2.46. The summed E-state index contributed by atoms with van der Waals surface area (Å²) >= 11 is 13.1. The lowest BCUT2D eigenvalue weighted by Crippen LogP contribution is -2.21. The molecule has 2 fully saturated rings. The van der Waals surface area contributed by atoms with Crippen LogP contribution in [0, 0.1) is 4.64 Å². The minimum absolute atomic E-state index is 0.469. The summed E-state index contributed by atoms with van der Waals surface area (Å²) in [6.45, 7) is 2.27. The van der Waals surface area contributed by atoms with Crippen LogP contribution in [0.2, 0.25) is 0 Å². The van der Waals surface area contributed by atoms with Crippen molar-refractivity contribution in [2.24, 2.45) is 0 Å². The Balaban J connectivity index is 1.97. The van der Waals surface area contributed by atoms with E-state index in [-0.39, 0.29) is 0 Å². The number of halogens is 1. The maximum absolute atomic E-state index is 5.43. The molecule has 1 saturated heterocycles. The Morgan fingerprint density at radius 3 is 2.79 bits per heavy atom. The number of aromatic amines is 1. The van der Waals surface area contributed by atoms with Crippen LogP contribution < -0.4 is 0 Å². The number of nitrogens with zero attached hydrogens (tertiary/aromatic N) is 1. The van der Waals surface area contributed by atoms with Gasteiger partial charge in [0.05, 0.1) is 9.72 Å². The molecule has 19 heavy (non-hydrogen) atoms. The molecule has 0 aromatic carbocycles. The lowest BCUT2D eigenvalue weighted by molar-refractivity contribution is 0.736. The summed E-state index contributed by atoms with van der Waals surface area (Å²) in [7, 11) is 0. The maximum atomic E-state index is 5.43. The van der Waals surface area contributed by atoms with E-state index in [1.165, 1.54) is 36.5 Å². The fraction of sp³-hybridized carbons (Fsp3) is 0.692. The van der Waals surface area contributed by atoms with E-state index < -0.39 is 0 Å². The highest BCUT2D eigenvalue weighted by molar-refractivity contribution is 9.10. The topological polar surface area (TPSA) is 28.7 Å². The third kappa shape index (κ3) is 3.06. The Morgan fingerprint density at radius 2 is 2.11 bits per heavy atom. The van der Waals surface area contributed by atoms with E-state index in [4.69, 9.17) is 12.2 Å². The Hall–Kier alpha value is 0.480. The zero-order valence-electron chi connectivity index (χ0n) is 10.8. The first-order chi connectivity index (χ1) is 9.20. The first-order valence-corrected chi connectivity index (χ1v) is 10.0. The third-order valence-corrected chi connectivity index (χ3v) is 8.23. The summed E-state index contributed by atoms with van der Waals surface area (Å²) < 4.78 is 1.73. The van der Waals surface area contributed by atoms with Crippen molar-refractivity contribution in [2.75, 3.05) is 11.5 Å². The van der Waals surface area contributed by atoms with Crippen LogP contribution in [-0.4, -0.2) is 26.7 Å². The molecule has 2 unspecified atom stereocenters. The lowest BCUT2D eigenvalue weighted by Gasteiger charge is -2.29. The highest BCUT2D eigenvalue weighted by Gasteiger charge is 2.32. The minimum Gasteiger partial charge on any atom is -0.345 e. The summed E-state index contributed by atoms with van der Waals surface area (Å²) in [5.41, 5.74) is 1.28. The Morgan fingerprint density at radius 1 is 1.37 bits per heavy atom. The molecule has 2 heterocycles. The van der Waals surface area contributed by atoms with E-state index in [1.807, 2.05) is 11.8 Å². The lowest BCUT2D eigenvalue weighted by atomic mass is 10.2. The molecule has 0 amide bonds. The van der Waals surface area contributed by atoms with Crippen LogP contribution in [0.15, 0.2) is 4.47 Å². The van der Waals surface area contributed by atoms with E-state index in [0.717, 1.165) is 14.9 Å². The van der Waals surface area contributed by atoms with Gasteiger partial charge in [-0.05, 0) is 35.2 Å². The molecule has 3 rings (SSSR count). The van der Waals surface area contributed by atoms with Gasteiger partial charge in [0.25, 0.3) is 0 Å². The van der Waals surface area contributed by atoms with Gasteiger partial charge in [-0.15, -0.1) is 11.8 Å². The van der Waals surface area contributed by atoms with Crippen molar-refractivity contribution in [1.82, 2.24) is 9.97 Å². The maximum Gasteiger partial charge on any atom is 0.144 e. The smallest absolute Gasteiger partial charge is 0.144 e. The van der Waals surface area contributed by atoms with Crippen molar-refractivity contribution in [3.05, 3.63) is 20.6 Å². The van der Waals surface area contributed by atoms with Gasteiger partial charge in [0.15, 0.2) is 0 Å². The number of hydrogen-bond acceptors (Lipinski definition) is 4. The first kappa shape index (κ1) is 14.4. The molecule has 0 radical (unpaired) electrons. The molecule has 1 saturated carbocycles. The Kier molecular flexibility index (Phi) is 4.61. The number of thioether (sulfide) groups is 2. The molecule has 1 aliphatic carbocycles. The molecule has 1 aromatic rings. The SMILES string of the molecule is CCC1SCCSC1c1nc(=S)c(Br)c(C2CC2)[nH]1. The molecule has 104 valence electrons. The second-order valence-corrected chi connectivity index (χ2v) is 8.81. The summed E-state index contributed by atoms with van der Waals surface area (Å²) in [6, 6.07) is 0. The van der Waals surface area contributed by atoms with Crippen molar-refractivity contribution in [2.45, 2.75) is 42.6 Å². The summed E-state index contributed by atoms with van der Waals surface area (Å²) in [4.78, 5) is 8.23. The quantitative estimate of drug-likeness (QED) is 0.744. The Bertz CT molecular complexity index is 527. The van der Waals surface area contributed by atoms with Crippen molar-refractivity contribution in [1.29, 1.82) is 0 Å². The van der Waals surface area contributed by atoms with Gasteiger partial charge in [-0.2, -0.15) is 11.8 Å². The van der Waals surface area contributed by atoms with Gasteiger partial charge in [-0.25, -0.2) is 4.98 Å². The van der Waals surface area contributed by atoms with Crippen LogP contribution in [-0.2, 0) is 0 Å². The average Bonchev–Trinajstić information content (AvgIpc) is 3.26. The number of aromatic nitrogens is 2. The summed E-state index contributed by atoms with van der Waals surface area (Å²) in [6.07, 6.45) is 3.74. The molecule has 1 aliphatic heterocycles. The van der Waals surface area contributed by atoms with Crippen molar-refractivity contribution < 1.29 is 0 Å². The molecule has 1 aromatic heterocycles.